The van der Waals surface area contributed by atoms with Crippen LogP contribution in [0, 0.1) is 11.6 Å². The molecule has 134 valence electrons. The van der Waals surface area contributed by atoms with Crippen LogP contribution >= 0.6 is 0 Å². The minimum absolute atomic E-state index is 0.00250. The minimum atomic E-state index is -0.589. The van der Waals surface area contributed by atoms with Crippen molar-refractivity contribution in [3.63, 3.8) is 0 Å². The van der Waals surface area contributed by atoms with Crippen LogP contribution in [0.3, 0.4) is 0 Å². The number of halogens is 2. The van der Waals surface area contributed by atoms with E-state index in [4.69, 9.17) is 0 Å². The van der Waals surface area contributed by atoms with E-state index in [1.165, 1.54) is 24.6 Å². The summed E-state index contributed by atoms with van der Waals surface area (Å²) >= 11 is 0. The molecule has 0 saturated heterocycles. The SMILES string of the molecule is O=C(CN(CCO)C1CCCCC1)NCCc1c(F)cccc1F. The highest BCUT2D eigenvalue weighted by Gasteiger charge is 2.22. The molecule has 2 rings (SSSR count). The molecule has 1 aliphatic rings. The molecule has 24 heavy (non-hydrogen) atoms. The van der Waals surface area contributed by atoms with Gasteiger partial charge in [0.25, 0.3) is 0 Å². The van der Waals surface area contributed by atoms with E-state index in [1.54, 1.807) is 0 Å². The Morgan fingerprint density at radius 1 is 1.21 bits per heavy atom. The predicted octanol–water partition coefficient (Wildman–Crippen LogP) is 2.25. The predicted molar refractivity (Wildman–Crippen MR) is 88.6 cm³/mol. The summed E-state index contributed by atoms with van der Waals surface area (Å²) in [5.74, 6) is -1.35. The highest BCUT2D eigenvalue weighted by Crippen LogP contribution is 2.22. The number of hydrogen-bond donors (Lipinski definition) is 2. The molecular weight excluding hydrogens is 314 g/mol. The summed E-state index contributed by atoms with van der Waals surface area (Å²) in [7, 11) is 0. The van der Waals surface area contributed by atoms with E-state index < -0.39 is 11.6 Å². The maximum atomic E-state index is 13.5. The molecule has 1 fully saturated rings. The highest BCUT2D eigenvalue weighted by molar-refractivity contribution is 5.78. The molecule has 1 amide bonds. The van der Waals surface area contributed by atoms with Crippen LogP contribution in [0.1, 0.15) is 37.7 Å². The third-order valence-electron chi connectivity index (χ3n) is 4.58. The monoisotopic (exact) mass is 340 g/mol. The average molecular weight is 340 g/mol. The number of aliphatic hydroxyl groups is 1. The van der Waals surface area contributed by atoms with Crippen LogP contribution in [-0.2, 0) is 11.2 Å². The molecule has 0 heterocycles. The molecule has 0 atom stereocenters. The Bertz CT molecular complexity index is 514. The van der Waals surface area contributed by atoms with Gasteiger partial charge in [-0.2, -0.15) is 0 Å². The summed E-state index contributed by atoms with van der Waals surface area (Å²) in [4.78, 5) is 14.1. The van der Waals surface area contributed by atoms with Crippen LogP contribution in [0.15, 0.2) is 18.2 Å². The lowest BCUT2D eigenvalue weighted by atomic mass is 9.94. The lowest BCUT2D eigenvalue weighted by Crippen LogP contribution is -2.45. The van der Waals surface area contributed by atoms with Crippen molar-refractivity contribution in [2.45, 2.75) is 44.6 Å². The summed E-state index contributed by atoms with van der Waals surface area (Å²) in [5.41, 5.74) is -0.00250. The lowest BCUT2D eigenvalue weighted by Gasteiger charge is -2.33. The largest absolute Gasteiger partial charge is 0.395 e. The van der Waals surface area contributed by atoms with E-state index in [9.17, 15) is 18.7 Å². The molecule has 1 saturated carbocycles. The number of carbonyl (C=O) groups is 1. The Balaban J connectivity index is 1.80. The van der Waals surface area contributed by atoms with Gasteiger partial charge in [0.1, 0.15) is 11.6 Å². The first kappa shape index (κ1) is 18.8. The van der Waals surface area contributed by atoms with Gasteiger partial charge in [0, 0.05) is 24.7 Å². The van der Waals surface area contributed by atoms with Gasteiger partial charge in [-0.05, 0) is 31.4 Å². The van der Waals surface area contributed by atoms with E-state index in [0.29, 0.717) is 12.6 Å². The smallest absolute Gasteiger partial charge is 0.234 e. The normalized spacial score (nSPS) is 15.7. The molecule has 4 nitrogen and oxygen atoms in total. The minimum Gasteiger partial charge on any atom is -0.395 e. The van der Waals surface area contributed by atoms with Crippen molar-refractivity contribution in [1.29, 1.82) is 0 Å². The second-order valence-corrected chi connectivity index (χ2v) is 6.29. The molecule has 0 radical (unpaired) electrons. The zero-order chi connectivity index (χ0) is 17.4. The maximum Gasteiger partial charge on any atom is 0.234 e. The fourth-order valence-electron chi connectivity index (χ4n) is 3.30. The number of amides is 1. The van der Waals surface area contributed by atoms with Crippen LogP contribution in [-0.4, -0.2) is 48.2 Å². The van der Waals surface area contributed by atoms with Crippen molar-refractivity contribution in [3.8, 4) is 0 Å². The first-order valence-electron chi connectivity index (χ1n) is 8.66. The Morgan fingerprint density at radius 3 is 2.50 bits per heavy atom. The molecule has 1 aromatic carbocycles. The third-order valence-corrected chi connectivity index (χ3v) is 4.58. The second-order valence-electron chi connectivity index (χ2n) is 6.29. The molecular formula is C18H26F2N2O2. The Kier molecular flexibility index (Phi) is 7.59. The highest BCUT2D eigenvalue weighted by atomic mass is 19.1. The van der Waals surface area contributed by atoms with E-state index in [-0.39, 0.29) is 37.6 Å². The summed E-state index contributed by atoms with van der Waals surface area (Å²) in [5, 5.41) is 11.9. The molecule has 1 aliphatic carbocycles. The van der Waals surface area contributed by atoms with Crippen LogP contribution in [0.4, 0.5) is 8.78 Å². The fourth-order valence-corrected chi connectivity index (χ4v) is 3.30. The summed E-state index contributed by atoms with van der Waals surface area (Å²) in [6, 6.07) is 4.09. The Hall–Kier alpha value is -1.53. The van der Waals surface area contributed by atoms with E-state index in [0.717, 1.165) is 25.7 Å². The topological polar surface area (TPSA) is 52.6 Å². The van der Waals surface area contributed by atoms with Gasteiger partial charge < -0.3 is 10.4 Å². The van der Waals surface area contributed by atoms with E-state index >= 15 is 0 Å². The van der Waals surface area contributed by atoms with Crippen LogP contribution in [0.2, 0.25) is 0 Å². The van der Waals surface area contributed by atoms with Gasteiger partial charge in [-0.1, -0.05) is 25.3 Å². The van der Waals surface area contributed by atoms with Crippen molar-refractivity contribution in [3.05, 3.63) is 35.4 Å². The summed E-state index contributed by atoms with van der Waals surface area (Å²) in [6.45, 7) is 0.892. The molecule has 0 aliphatic heterocycles. The maximum absolute atomic E-state index is 13.5. The van der Waals surface area contributed by atoms with Gasteiger partial charge in [0.15, 0.2) is 0 Å². The second kappa shape index (κ2) is 9.69. The van der Waals surface area contributed by atoms with Gasteiger partial charge in [0.05, 0.1) is 13.2 Å². The quantitative estimate of drug-likeness (QED) is 0.763. The van der Waals surface area contributed by atoms with E-state index in [2.05, 4.69) is 5.32 Å². The fraction of sp³-hybridized carbons (Fsp3) is 0.611. The molecule has 1 aromatic rings. The number of rotatable bonds is 8. The summed E-state index contributed by atoms with van der Waals surface area (Å²) in [6.07, 6.45) is 5.75. The number of carbonyl (C=O) groups excluding carboxylic acids is 1. The van der Waals surface area contributed by atoms with Gasteiger partial charge >= 0.3 is 0 Å². The van der Waals surface area contributed by atoms with Gasteiger partial charge in [-0.3, -0.25) is 9.69 Å². The van der Waals surface area contributed by atoms with Crippen LogP contribution in [0.25, 0.3) is 0 Å². The number of hydrogen-bond acceptors (Lipinski definition) is 3. The van der Waals surface area contributed by atoms with Crippen molar-refractivity contribution >= 4 is 5.91 Å². The van der Waals surface area contributed by atoms with Crippen molar-refractivity contribution in [2.24, 2.45) is 0 Å². The van der Waals surface area contributed by atoms with Crippen LogP contribution < -0.4 is 5.32 Å². The van der Waals surface area contributed by atoms with Crippen molar-refractivity contribution < 1.29 is 18.7 Å². The van der Waals surface area contributed by atoms with Gasteiger partial charge in [-0.15, -0.1) is 0 Å². The van der Waals surface area contributed by atoms with Crippen molar-refractivity contribution in [2.75, 3.05) is 26.2 Å². The molecule has 0 unspecified atom stereocenters. The third kappa shape index (κ3) is 5.53. The number of benzene rings is 1. The summed E-state index contributed by atoms with van der Waals surface area (Å²) < 4.78 is 27.1. The molecule has 0 aromatic heterocycles. The first-order valence-corrected chi connectivity index (χ1v) is 8.66. The Labute approximate surface area is 141 Å². The lowest BCUT2D eigenvalue weighted by molar-refractivity contribution is -0.123. The number of aliphatic hydroxyl groups excluding tert-OH is 1. The molecule has 2 N–H and O–H groups in total. The molecule has 0 bridgehead atoms. The first-order chi connectivity index (χ1) is 11.6. The Morgan fingerprint density at radius 2 is 1.88 bits per heavy atom. The number of nitrogens with one attached hydrogen (secondary N) is 1. The number of nitrogens with zero attached hydrogens (tertiary/aromatic N) is 1. The standard InChI is InChI=1S/C18H26F2N2O2/c19-16-7-4-8-17(20)15(16)9-10-21-18(24)13-22(11-12-23)14-5-2-1-3-6-14/h4,7-8,14,23H,1-3,5-6,9-13H2,(H,21,24). The van der Waals surface area contributed by atoms with Gasteiger partial charge in [-0.25, -0.2) is 8.78 Å². The zero-order valence-electron chi connectivity index (χ0n) is 13.9. The van der Waals surface area contributed by atoms with Gasteiger partial charge in [0.2, 0.25) is 5.91 Å². The molecule has 0 spiro atoms. The van der Waals surface area contributed by atoms with E-state index in [1.807, 2.05) is 4.90 Å². The molecule has 6 heteroatoms. The van der Waals surface area contributed by atoms with Crippen molar-refractivity contribution in [1.82, 2.24) is 10.2 Å². The van der Waals surface area contributed by atoms with Crippen LogP contribution in [0.5, 0.6) is 0 Å². The average Bonchev–Trinajstić information content (AvgIpc) is 2.58. The zero-order valence-corrected chi connectivity index (χ0v) is 13.9.